The fourth-order valence-corrected chi connectivity index (χ4v) is 1.35. The van der Waals surface area contributed by atoms with E-state index in [1.807, 2.05) is 6.92 Å². The molecule has 0 rings (SSSR count). The molecule has 3 nitrogen and oxygen atoms in total. The highest BCUT2D eigenvalue weighted by Gasteiger charge is 2.06. The molecule has 0 aromatic rings. The zero-order chi connectivity index (χ0) is 11.0. The van der Waals surface area contributed by atoms with Crippen LogP contribution in [0.1, 0.15) is 40.0 Å². The zero-order valence-corrected chi connectivity index (χ0v) is 9.55. The summed E-state index contributed by atoms with van der Waals surface area (Å²) in [4.78, 5) is 10.4. The first-order valence-electron chi connectivity index (χ1n) is 5.45. The third-order valence-electron chi connectivity index (χ3n) is 2.15. The molecule has 0 spiro atoms. The van der Waals surface area contributed by atoms with Gasteiger partial charge in [0.15, 0.2) is 0 Å². The van der Waals surface area contributed by atoms with Gasteiger partial charge < -0.3 is 10.4 Å². The first kappa shape index (κ1) is 13.4. The van der Waals surface area contributed by atoms with Gasteiger partial charge in [-0.25, -0.2) is 0 Å². The van der Waals surface area contributed by atoms with Gasteiger partial charge in [-0.1, -0.05) is 20.8 Å². The molecule has 0 amide bonds. The number of carbonyl (C=O) groups is 1. The van der Waals surface area contributed by atoms with Crippen LogP contribution in [0.4, 0.5) is 0 Å². The van der Waals surface area contributed by atoms with Gasteiger partial charge in [0.1, 0.15) is 0 Å². The third-order valence-corrected chi connectivity index (χ3v) is 2.15. The van der Waals surface area contributed by atoms with Crippen LogP contribution in [0.3, 0.4) is 0 Å². The van der Waals surface area contributed by atoms with Gasteiger partial charge >= 0.3 is 5.97 Å². The van der Waals surface area contributed by atoms with Crippen LogP contribution >= 0.6 is 0 Å². The normalized spacial score (nSPS) is 13.1. The second-order valence-electron chi connectivity index (χ2n) is 4.44. The molecule has 0 saturated carbocycles. The maximum Gasteiger partial charge on any atom is 0.303 e. The number of aliphatic carboxylic acids is 1. The van der Waals surface area contributed by atoms with Crippen molar-refractivity contribution in [2.45, 2.75) is 40.0 Å². The highest BCUT2D eigenvalue weighted by Crippen LogP contribution is 2.03. The molecule has 0 aliphatic heterocycles. The molecule has 0 fully saturated rings. The van der Waals surface area contributed by atoms with E-state index >= 15 is 0 Å². The zero-order valence-electron chi connectivity index (χ0n) is 9.55. The van der Waals surface area contributed by atoms with Gasteiger partial charge in [-0.05, 0) is 37.8 Å². The molecule has 1 atom stereocenters. The number of hydrogen-bond donors (Lipinski definition) is 2. The lowest BCUT2D eigenvalue weighted by atomic mass is 10.1. The van der Waals surface area contributed by atoms with Crippen LogP contribution in [0.25, 0.3) is 0 Å². The second kappa shape index (κ2) is 7.80. The van der Waals surface area contributed by atoms with Crippen LogP contribution in [0.15, 0.2) is 0 Å². The van der Waals surface area contributed by atoms with E-state index in [0.717, 1.165) is 19.0 Å². The van der Waals surface area contributed by atoms with Gasteiger partial charge in [0, 0.05) is 6.42 Å². The Balaban J connectivity index is 3.23. The van der Waals surface area contributed by atoms with Gasteiger partial charge in [-0.2, -0.15) is 0 Å². The quantitative estimate of drug-likeness (QED) is 0.591. The molecular formula is C11H23NO2. The number of rotatable bonds is 8. The molecule has 3 heteroatoms. The van der Waals surface area contributed by atoms with Crippen molar-refractivity contribution in [3.8, 4) is 0 Å². The molecule has 2 N–H and O–H groups in total. The Morgan fingerprint density at radius 3 is 2.50 bits per heavy atom. The maximum absolute atomic E-state index is 10.4. The van der Waals surface area contributed by atoms with Crippen LogP contribution in [0.2, 0.25) is 0 Å². The highest BCUT2D eigenvalue weighted by molar-refractivity contribution is 5.66. The van der Waals surface area contributed by atoms with Gasteiger partial charge in [0.25, 0.3) is 0 Å². The van der Waals surface area contributed by atoms with E-state index < -0.39 is 5.97 Å². The Kier molecular flexibility index (Phi) is 7.48. The molecule has 84 valence electrons. The lowest BCUT2D eigenvalue weighted by Crippen LogP contribution is -2.24. The minimum absolute atomic E-state index is 0.228. The van der Waals surface area contributed by atoms with E-state index in [-0.39, 0.29) is 12.3 Å². The van der Waals surface area contributed by atoms with Gasteiger partial charge in [0.2, 0.25) is 0 Å². The second-order valence-corrected chi connectivity index (χ2v) is 4.44. The van der Waals surface area contributed by atoms with Gasteiger partial charge in [0.05, 0.1) is 0 Å². The minimum Gasteiger partial charge on any atom is -0.481 e. The number of hydrogen-bond acceptors (Lipinski definition) is 2. The van der Waals surface area contributed by atoms with E-state index in [1.165, 1.54) is 12.8 Å². The summed E-state index contributed by atoms with van der Waals surface area (Å²) in [7, 11) is 0. The summed E-state index contributed by atoms with van der Waals surface area (Å²) in [6.45, 7) is 8.20. The third kappa shape index (κ3) is 9.52. The molecule has 0 saturated heterocycles. The van der Waals surface area contributed by atoms with Crippen molar-refractivity contribution in [3.05, 3.63) is 0 Å². The summed E-state index contributed by atoms with van der Waals surface area (Å²) < 4.78 is 0. The van der Waals surface area contributed by atoms with Crippen LogP contribution in [0.5, 0.6) is 0 Å². The van der Waals surface area contributed by atoms with Gasteiger partial charge in [-0.15, -0.1) is 0 Å². The number of nitrogens with one attached hydrogen (secondary N) is 1. The van der Waals surface area contributed by atoms with E-state index in [9.17, 15) is 4.79 Å². The van der Waals surface area contributed by atoms with Crippen LogP contribution < -0.4 is 5.32 Å². The van der Waals surface area contributed by atoms with Crippen LogP contribution in [0, 0.1) is 11.8 Å². The fraction of sp³-hybridized carbons (Fsp3) is 0.909. The average Bonchev–Trinajstić information content (AvgIpc) is 2.01. The summed E-state index contributed by atoms with van der Waals surface area (Å²) in [5.74, 6) is 0.279. The Bertz CT molecular complexity index is 157. The summed E-state index contributed by atoms with van der Waals surface area (Å²) >= 11 is 0. The molecule has 0 radical (unpaired) electrons. The standard InChI is InChI=1S/C11H23NO2/c1-9(2)5-4-6-12-8-10(3)7-11(13)14/h9-10,12H,4-8H2,1-3H3,(H,13,14). The van der Waals surface area contributed by atoms with E-state index in [0.29, 0.717) is 0 Å². The molecule has 0 aliphatic rings. The first-order valence-corrected chi connectivity index (χ1v) is 5.45. The fourth-order valence-electron chi connectivity index (χ4n) is 1.35. The van der Waals surface area contributed by atoms with Gasteiger partial charge in [-0.3, -0.25) is 4.79 Å². The van der Waals surface area contributed by atoms with Crippen molar-refractivity contribution in [3.63, 3.8) is 0 Å². The van der Waals surface area contributed by atoms with Crippen molar-refractivity contribution >= 4 is 5.97 Å². The predicted octanol–water partition coefficient (Wildman–Crippen LogP) is 2.12. The summed E-state index contributed by atoms with van der Waals surface area (Å²) in [5, 5.41) is 11.8. The maximum atomic E-state index is 10.4. The van der Waals surface area contributed by atoms with Crippen LogP contribution in [-0.2, 0) is 4.79 Å². The summed E-state index contributed by atoms with van der Waals surface area (Å²) in [6, 6.07) is 0. The van der Waals surface area contributed by atoms with E-state index in [1.54, 1.807) is 0 Å². The number of carboxylic acids is 1. The molecule has 0 aliphatic carbocycles. The van der Waals surface area contributed by atoms with E-state index in [4.69, 9.17) is 5.11 Å². The van der Waals surface area contributed by atoms with Crippen LogP contribution in [-0.4, -0.2) is 24.2 Å². The number of carboxylic acid groups (broad SMARTS) is 1. The lowest BCUT2D eigenvalue weighted by molar-refractivity contribution is -0.137. The molecular weight excluding hydrogens is 178 g/mol. The molecule has 0 heterocycles. The molecule has 0 aromatic heterocycles. The highest BCUT2D eigenvalue weighted by atomic mass is 16.4. The Morgan fingerprint density at radius 1 is 1.36 bits per heavy atom. The van der Waals surface area contributed by atoms with Crippen molar-refractivity contribution in [2.24, 2.45) is 11.8 Å². The molecule has 1 unspecified atom stereocenters. The Morgan fingerprint density at radius 2 is 2.00 bits per heavy atom. The van der Waals surface area contributed by atoms with Crippen molar-refractivity contribution in [1.82, 2.24) is 5.32 Å². The Hall–Kier alpha value is -0.570. The predicted molar refractivity (Wildman–Crippen MR) is 58.4 cm³/mol. The molecule has 0 bridgehead atoms. The van der Waals surface area contributed by atoms with Crippen molar-refractivity contribution in [2.75, 3.05) is 13.1 Å². The summed E-state index contributed by atoms with van der Waals surface area (Å²) in [5.41, 5.74) is 0. The Labute approximate surface area is 86.9 Å². The topological polar surface area (TPSA) is 49.3 Å². The minimum atomic E-state index is -0.707. The largest absolute Gasteiger partial charge is 0.481 e. The monoisotopic (exact) mass is 201 g/mol. The smallest absolute Gasteiger partial charge is 0.303 e. The average molecular weight is 201 g/mol. The molecule has 14 heavy (non-hydrogen) atoms. The molecule has 0 aromatic carbocycles. The van der Waals surface area contributed by atoms with E-state index in [2.05, 4.69) is 19.2 Å². The summed E-state index contributed by atoms with van der Waals surface area (Å²) in [6.07, 6.45) is 2.68. The SMILES string of the molecule is CC(C)CCCNCC(C)CC(=O)O. The van der Waals surface area contributed by atoms with Crippen molar-refractivity contribution in [1.29, 1.82) is 0 Å². The van der Waals surface area contributed by atoms with Crippen molar-refractivity contribution < 1.29 is 9.90 Å². The first-order chi connectivity index (χ1) is 6.52. The lowest BCUT2D eigenvalue weighted by Gasteiger charge is -2.10.